The Hall–Kier alpha value is -2.08. The van der Waals surface area contributed by atoms with Gasteiger partial charge in [-0.05, 0) is 19.1 Å². The summed E-state index contributed by atoms with van der Waals surface area (Å²) in [7, 11) is 1.62. The fraction of sp³-hybridized carbons (Fsp3) is 0.231. The average Bonchev–Trinajstić information content (AvgIpc) is 2.86. The number of benzene rings is 1. The predicted molar refractivity (Wildman–Crippen MR) is 80.1 cm³/mol. The highest BCUT2D eigenvalue weighted by atomic mass is 32.1. The molecule has 2 aromatic rings. The normalized spacial score (nSPS) is 10.2. The minimum Gasteiger partial charge on any atom is -0.497 e. The Morgan fingerprint density at radius 1 is 1.53 bits per heavy atom. The van der Waals surface area contributed by atoms with Crippen molar-refractivity contribution in [2.45, 2.75) is 13.5 Å². The molecule has 3 N–H and O–H groups in total. The van der Waals surface area contributed by atoms with Gasteiger partial charge in [0.15, 0.2) is 0 Å². The average molecular weight is 276 g/mol. The zero-order chi connectivity index (χ0) is 13.8. The Kier molecular flexibility index (Phi) is 4.01. The summed E-state index contributed by atoms with van der Waals surface area (Å²) in [6.45, 7) is 2.85. The minimum atomic E-state index is 0.341. The number of nitrogens with one attached hydrogen (secondary N) is 1. The number of methoxy groups -OCH3 is 1. The molecule has 0 bridgehead atoms. The highest BCUT2D eigenvalue weighted by Crippen LogP contribution is 2.25. The van der Waals surface area contributed by atoms with Crippen LogP contribution in [0.15, 0.2) is 30.6 Å². The van der Waals surface area contributed by atoms with Gasteiger partial charge in [0.1, 0.15) is 10.7 Å². The van der Waals surface area contributed by atoms with E-state index in [1.807, 2.05) is 36.0 Å². The fourth-order valence-electron chi connectivity index (χ4n) is 1.73. The monoisotopic (exact) mass is 276 g/mol. The summed E-state index contributed by atoms with van der Waals surface area (Å²) in [5.74, 6) is 0.741. The number of nitrogens with zero attached hydrogens (tertiary/aromatic N) is 2. The fourth-order valence-corrected chi connectivity index (χ4v) is 1.90. The molecule has 19 heavy (non-hydrogen) atoms. The summed E-state index contributed by atoms with van der Waals surface area (Å²) in [5.41, 5.74) is 8.19. The molecule has 0 fully saturated rings. The van der Waals surface area contributed by atoms with Crippen LogP contribution in [0.1, 0.15) is 12.5 Å². The van der Waals surface area contributed by atoms with Gasteiger partial charge in [-0.3, -0.25) is 4.68 Å². The molecule has 1 aromatic heterocycles. The van der Waals surface area contributed by atoms with Crippen LogP contribution < -0.4 is 15.8 Å². The Morgan fingerprint density at radius 2 is 2.32 bits per heavy atom. The maximum absolute atomic E-state index is 5.72. The van der Waals surface area contributed by atoms with E-state index in [1.165, 1.54) is 0 Å². The van der Waals surface area contributed by atoms with E-state index in [-0.39, 0.29) is 0 Å². The Morgan fingerprint density at radius 3 is 2.89 bits per heavy atom. The lowest BCUT2D eigenvalue weighted by Crippen LogP contribution is -2.11. The molecule has 0 unspecified atom stereocenters. The molecule has 0 radical (unpaired) electrons. The van der Waals surface area contributed by atoms with Gasteiger partial charge < -0.3 is 15.8 Å². The first kappa shape index (κ1) is 13.4. The molecule has 0 saturated carbocycles. The van der Waals surface area contributed by atoms with Crippen LogP contribution >= 0.6 is 12.2 Å². The van der Waals surface area contributed by atoms with Gasteiger partial charge >= 0.3 is 0 Å². The Labute approximate surface area is 117 Å². The van der Waals surface area contributed by atoms with E-state index in [0.29, 0.717) is 4.99 Å². The third kappa shape index (κ3) is 3.03. The molecule has 6 heteroatoms. The third-order valence-corrected chi connectivity index (χ3v) is 2.95. The largest absolute Gasteiger partial charge is 0.497 e. The van der Waals surface area contributed by atoms with Crippen LogP contribution in [0, 0.1) is 0 Å². The van der Waals surface area contributed by atoms with Crippen LogP contribution in [0.25, 0.3) is 0 Å². The van der Waals surface area contributed by atoms with Crippen LogP contribution in [0.5, 0.6) is 5.75 Å². The van der Waals surface area contributed by atoms with E-state index < -0.39 is 0 Å². The van der Waals surface area contributed by atoms with E-state index in [2.05, 4.69) is 10.4 Å². The van der Waals surface area contributed by atoms with E-state index in [1.54, 1.807) is 13.3 Å². The molecular formula is C13H16N4OS. The summed E-state index contributed by atoms with van der Waals surface area (Å²) < 4.78 is 7.05. The molecular weight excluding hydrogens is 260 g/mol. The van der Waals surface area contributed by atoms with Gasteiger partial charge in [0.2, 0.25) is 0 Å². The lowest BCUT2D eigenvalue weighted by Gasteiger charge is -2.11. The second-order valence-corrected chi connectivity index (χ2v) is 4.43. The first-order valence-electron chi connectivity index (χ1n) is 5.91. The summed E-state index contributed by atoms with van der Waals surface area (Å²) in [5, 5.41) is 7.46. The Balaban J connectivity index is 2.33. The van der Waals surface area contributed by atoms with Crippen LogP contribution in [-0.2, 0) is 6.54 Å². The molecule has 1 aromatic carbocycles. The summed E-state index contributed by atoms with van der Waals surface area (Å²) >= 11 is 5.05. The number of aromatic nitrogens is 2. The van der Waals surface area contributed by atoms with Crippen molar-refractivity contribution in [2.24, 2.45) is 5.73 Å². The van der Waals surface area contributed by atoms with Crippen molar-refractivity contribution in [1.82, 2.24) is 9.78 Å². The zero-order valence-corrected chi connectivity index (χ0v) is 11.7. The first-order chi connectivity index (χ1) is 9.13. The van der Waals surface area contributed by atoms with Crippen molar-refractivity contribution in [3.8, 4) is 5.75 Å². The van der Waals surface area contributed by atoms with E-state index in [0.717, 1.165) is 29.2 Å². The molecule has 0 amide bonds. The molecule has 0 atom stereocenters. The molecule has 1 heterocycles. The summed E-state index contributed by atoms with van der Waals surface area (Å²) in [6.07, 6.45) is 3.68. The number of ether oxygens (including phenoxy) is 1. The maximum atomic E-state index is 5.72. The van der Waals surface area contributed by atoms with Crippen molar-refractivity contribution >= 4 is 28.6 Å². The van der Waals surface area contributed by atoms with Crippen molar-refractivity contribution in [3.05, 3.63) is 36.2 Å². The van der Waals surface area contributed by atoms with Crippen molar-refractivity contribution in [1.29, 1.82) is 0 Å². The lowest BCUT2D eigenvalue weighted by molar-refractivity contribution is 0.415. The van der Waals surface area contributed by atoms with Crippen LogP contribution in [0.2, 0.25) is 0 Å². The van der Waals surface area contributed by atoms with Crippen molar-refractivity contribution < 1.29 is 4.74 Å². The highest BCUT2D eigenvalue weighted by Gasteiger charge is 2.08. The van der Waals surface area contributed by atoms with Crippen LogP contribution in [-0.4, -0.2) is 21.9 Å². The van der Waals surface area contributed by atoms with Crippen LogP contribution in [0.3, 0.4) is 0 Å². The van der Waals surface area contributed by atoms with Gasteiger partial charge in [-0.25, -0.2) is 0 Å². The van der Waals surface area contributed by atoms with Crippen molar-refractivity contribution in [3.63, 3.8) is 0 Å². The first-order valence-corrected chi connectivity index (χ1v) is 6.32. The number of anilines is 2. The van der Waals surface area contributed by atoms with Gasteiger partial charge in [0, 0.05) is 24.4 Å². The van der Waals surface area contributed by atoms with Gasteiger partial charge in [-0.2, -0.15) is 5.10 Å². The molecule has 2 rings (SSSR count). The number of hydrogen-bond acceptors (Lipinski definition) is 4. The second-order valence-electron chi connectivity index (χ2n) is 3.99. The topological polar surface area (TPSA) is 65.1 Å². The molecule has 0 spiro atoms. The minimum absolute atomic E-state index is 0.341. The number of rotatable bonds is 5. The number of thiocarbonyl (C=S) groups is 1. The smallest absolute Gasteiger partial charge is 0.120 e. The van der Waals surface area contributed by atoms with E-state index in [4.69, 9.17) is 22.7 Å². The lowest BCUT2D eigenvalue weighted by atomic mass is 10.1. The van der Waals surface area contributed by atoms with E-state index in [9.17, 15) is 0 Å². The second kappa shape index (κ2) is 5.71. The molecule has 0 aliphatic heterocycles. The standard InChI is InChI=1S/C13H16N4OS/c1-3-17-8-9(7-15-17)16-12-6-10(18-2)4-5-11(12)13(14)19/h4-8,16H,3H2,1-2H3,(H2,14,19). The van der Waals surface area contributed by atoms with Gasteiger partial charge in [0.25, 0.3) is 0 Å². The van der Waals surface area contributed by atoms with Gasteiger partial charge in [-0.15, -0.1) is 0 Å². The number of hydrogen-bond donors (Lipinski definition) is 2. The number of aryl methyl sites for hydroxylation is 1. The number of nitrogens with two attached hydrogens (primary N) is 1. The summed E-state index contributed by atoms with van der Waals surface area (Å²) in [6, 6.07) is 5.53. The quantitative estimate of drug-likeness (QED) is 0.820. The van der Waals surface area contributed by atoms with E-state index >= 15 is 0 Å². The molecule has 0 aliphatic carbocycles. The molecule has 100 valence electrons. The predicted octanol–water partition coefficient (Wildman–Crippen LogP) is 2.29. The van der Waals surface area contributed by atoms with Crippen molar-refractivity contribution in [2.75, 3.05) is 12.4 Å². The summed E-state index contributed by atoms with van der Waals surface area (Å²) in [4.78, 5) is 0.341. The molecule has 5 nitrogen and oxygen atoms in total. The highest BCUT2D eigenvalue weighted by molar-refractivity contribution is 7.80. The van der Waals surface area contributed by atoms with Crippen LogP contribution in [0.4, 0.5) is 11.4 Å². The Bertz CT molecular complexity index is 594. The zero-order valence-electron chi connectivity index (χ0n) is 10.9. The SMILES string of the molecule is CCn1cc(Nc2cc(OC)ccc2C(N)=S)cn1. The third-order valence-electron chi connectivity index (χ3n) is 2.73. The molecule has 0 saturated heterocycles. The van der Waals surface area contributed by atoms with Gasteiger partial charge in [-0.1, -0.05) is 12.2 Å². The maximum Gasteiger partial charge on any atom is 0.120 e. The molecule has 0 aliphatic rings. The van der Waals surface area contributed by atoms with Gasteiger partial charge in [0.05, 0.1) is 24.7 Å².